The number of sulfone groups is 1. The van der Waals surface area contributed by atoms with E-state index in [2.05, 4.69) is 5.32 Å². The molecule has 0 bridgehead atoms. The Balaban J connectivity index is 2.35. The minimum absolute atomic E-state index is 0.0328. The molecule has 5 nitrogen and oxygen atoms in total. The highest BCUT2D eigenvalue weighted by molar-refractivity contribution is 7.92. The lowest BCUT2D eigenvalue weighted by Crippen LogP contribution is -2.40. The van der Waals surface area contributed by atoms with Gasteiger partial charge in [-0.25, -0.2) is 8.42 Å². The SMILES string of the molecule is CC(C)(C)S(=O)(=O)CCNC(=O)[C@@H]1CCCO1. The van der Waals surface area contributed by atoms with Crippen LogP contribution in [0.25, 0.3) is 0 Å². The molecular weight excluding hydrogens is 242 g/mol. The summed E-state index contributed by atoms with van der Waals surface area (Å²) in [5.74, 6) is -0.235. The fourth-order valence-corrected chi connectivity index (χ4v) is 2.50. The van der Waals surface area contributed by atoms with Gasteiger partial charge in [0, 0.05) is 13.2 Å². The van der Waals surface area contributed by atoms with Gasteiger partial charge in [0.2, 0.25) is 5.91 Å². The first-order valence-corrected chi connectivity index (χ1v) is 7.51. The van der Waals surface area contributed by atoms with Crippen LogP contribution in [0.1, 0.15) is 33.6 Å². The minimum Gasteiger partial charge on any atom is -0.368 e. The van der Waals surface area contributed by atoms with E-state index in [9.17, 15) is 13.2 Å². The molecule has 0 aromatic carbocycles. The van der Waals surface area contributed by atoms with E-state index in [4.69, 9.17) is 4.74 Å². The van der Waals surface area contributed by atoms with Crippen LogP contribution in [-0.4, -0.2) is 44.1 Å². The molecule has 1 aliphatic rings. The first-order chi connectivity index (χ1) is 7.74. The van der Waals surface area contributed by atoms with Crippen molar-refractivity contribution >= 4 is 15.7 Å². The molecule has 17 heavy (non-hydrogen) atoms. The molecule has 6 heteroatoms. The number of carbonyl (C=O) groups excluding carboxylic acids is 1. The first-order valence-electron chi connectivity index (χ1n) is 5.86. The maximum atomic E-state index is 11.8. The van der Waals surface area contributed by atoms with Crippen LogP contribution in [0.3, 0.4) is 0 Å². The average Bonchev–Trinajstić information content (AvgIpc) is 2.67. The van der Waals surface area contributed by atoms with Crippen LogP contribution in [-0.2, 0) is 19.4 Å². The number of carbonyl (C=O) groups is 1. The predicted molar refractivity (Wildman–Crippen MR) is 65.5 cm³/mol. The Morgan fingerprint density at radius 1 is 1.41 bits per heavy atom. The molecule has 1 N–H and O–H groups in total. The maximum absolute atomic E-state index is 11.8. The van der Waals surface area contributed by atoms with Crippen molar-refractivity contribution < 1.29 is 17.9 Å². The van der Waals surface area contributed by atoms with Crippen molar-refractivity contribution in [2.45, 2.75) is 44.5 Å². The molecule has 1 saturated heterocycles. The molecule has 0 aromatic rings. The standard InChI is InChI=1S/C11H21NO4S/c1-11(2,3)17(14,15)8-6-12-10(13)9-5-4-7-16-9/h9H,4-8H2,1-3H3,(H,12,13)/t9-/m0/s1. The van der Waals surface area contributed by atoms with Crippen LogP contribution in [0, 0.1) is 0 Å². The highest BCUT2D eigenvalue weighted by Crippen LogP contribution is 2.15. The van der Waals surface area contributed by atoms with Crippen molar-refractivity contribution in [1.82, 2.24) is 5.32 Å². The molecule has 0 spiro atoms. The van der Waals surface area contributed by atoms with E-state index in [1.165, 1.54) is 0 Å². The molecule has 1 fully saturated rings. The third-order valence-electron chi connectivity index (χ3n) is 2.83. The zero-order valence-electron chi connectivity index (χ0n) is 10.7. The van der Waals surface area contributed by atoms with Gasteiger partial charge >= 0.3 is 0 Å². The van der Waals surface area contributed by atoms with Crippen LogP contribution in [0.5, 0.6) is 0 Å². The van der Waals surface area contributed by atoms with Crippen LogP contribution in [0.15, 0.2) is 0 Å². The number of hydrogen-bond acceptors (Lipinski definition) is 4. The normalized spacial score (nSPS) is 21.5. The molecule has 1 amide bonds. The quantitative estimate of drug-likeness (QED) is 0.801. The Kier molecular flexibility index (Phi) is 4.55. The van der Waals surface area contributed by atoms with Crippen molar-refractivity contribution in [3.05, 3.63) is 0 Å². The number of amides is 1. The number of hydrogen-bond donors (Lipinski definition) is 1. The van der Waals surface area contributed by atoms with E-state index in [1.54, 1.807) is 20.8 Å². The van der Waals surface area contributed by atoms with E-state index in [0.29, 0.717) is 6.61 Å². The first kappa shape index (κ1) is 14.4. The molecule has 1 aliphatic heterocycles. The van der Waals surface area contributed by atoms with E-state index in [0.717, 1.165) is 12.8 Å². The van der Waals surface area contributed by atoms with Gasteiger partial charge in [-0.3, -0.25) is 4.79 Å². The summed E-state index contributed by atoms with van der Waals surface area (Å²) in [4.78, 5) is 11.5. The number of nitrogens with one attached hydrogen (secondary N) is 1. The van der Waals surface area contributed by atoms with Gasteiger partial charge in [0.05, 0.1) is 10.5 Å². The van der Waals surface area contributed by atoms with E-state index in [-0.39, 0.29) is 18.2 Å². The largest absolute Gasteiger partial charge is 0.368 e. The molecule has 1 rings (SSSR count). The Labute approximate surface area is 103 Å². The van der Waals surface area contributed by atoms with Crippen molar-refractivity contribution in [3.63, 3.8) is 0 Å². The summed E-state index contributed by atoms with van der Waals surface area (Å²) < 4.78 is 28.0. The Bertz CT molecular complexity index is 363. The molecule has 1 atom stereocenters. The molecule has 0 aromatic heterocycles. The van der Waals surface area contributed by atoms with Crippen molar-refractivity contribution in [1.29, 1.82) is 0 Å². The van der Waals surface area contributed by atoms with Crippen LogP contribution < -0.4 is 5.32 Å². The van der Waals surface area contributed by atoms with E-state index in [1.807, 2.05) is 0 Å². The second-order valence-electron chi connectivity index (χ2n) is 5.22. The second kappa shape index (κ2) is 5.35. The topological polar surface area (TPSA) is 72.5 Å². The van der Waals surface area contributed by atoms with E-state index < -0.39 is 20.7 Å². The van der Waals surface area contributed by atoms with Crippen LogP contribution in [0.2, 0.25) is 0 Å². The fraction of sp³-hybridized carbons (Fsp3) is 0.909. The predicted octanol–water partition coefficient (Wildman–Crippen LogP) is 0.495. The van der Waals surface area contributed by atoms with Gasteiger partial charge in [0.15, 0.2) is 9.84 Å². The number of ether oxygens (including phenoxy) is 1. The Morgan fingerprint density at radius 3 is 2.53 bits per heavy atom. The van der Waals surface area contributed by atoms with Gasteiger partial charge in [-0.05, 0) is 33.6 Å². The van der Waals surface area contributed by atoms with Crippen molar-refractivity contribution in [2.75, 3.05) is 18.9 Å². The van der Waals surface area contributed by atoms with Gasteiger partial charge in [-0.15, -0.1) is 0 Å². The minimum atomic E-state index is -3.17. The monoisotopic (exact) mass is 263 g/mol. The summed E-state index contributed by atoms with van der Waals surface area (Å²) in [5, 5.41) is 2.61. The molecule has 0 unspecified atom stereocenters. The van der Waals surface area contributed by atoms with Gasteiger partial charge in [0.25, 0.3) is 0 Å². The molecule has 1 heterocycles. The summed E-state index contributed by atoms with van der Waals surface area (Å²) in [6.45, 7) is 5.73. The fourth-order valence-electron chi connectivity index (χ4n) is 1.51. The van der Waals surface area contributed by atoms with Crippen molar-refractivity contribution in [2.24, 2.45) is 0 Å². The lowest BCUT2D eigenvalue weighted by Gasteiger charge is -2.19. The second-order valence-corrected chi connectivity index (χ2v) is 8.09. The van der Waals surface area contributed by atoms with Crippen LogP contribution in [0.4, 0.5) is 0 Å². The third-order valence-corrected chi connectivity index (χ3v) is 5.43. The molecule has 100 valence electrons. The highest BCUT2D eigenvalue weighted by atomic mass is 32.2. The highest BCUT2D eigenvalue weighted by Gasteiger charge is 2.29. The zero-order chi connectivity index (χ0) is 13.1. The molecule has 0 radical (unpaired) electrons. The lowest BCUT2D eigenvalue weighted by atomic mass is 10.2. The Morgan fingerprint density at radius 2 is 2.06 bits per heavy atom. The number of rotatable bonds is 4. The maximum Gasteiger partial charge on any atom is 0.249 e. The van der Waals surface area contributed by atoms with Gasteiger partial charge in [-0.2, -0.15) is 0 Å². The van der Waals surface area contributed by atoms with Crippen molar-refractivity contribution in [3.8, 4) is 0 Å². The third kappa shape index (κ3) is 3.96. The molecule has 0 saturated carbocycles. The summed E-state index contributed by atoms with van der Waals surface area (Å²) in [5.41, 5.74) is 0. The Hall–Kier alpha value is -0.620. The summed E-state index contributed by atoms with van der Waals surface area (Å²) in [6.07, 6.45) is 1.21. The molecular formula is C11H21NO4S. The van der Waals surface area contributed by atoms with Gasteiger partial charge in [0.1, 0.15) is 6.10 Å². The van der Waals surface area contributed by atoms with Gasteiger partial charge in [-0.1, -0.05) is 0 Å². The molecule has 0 aliphatic carbocycles. The summed E-state index contributed by atoms with van der Waals surface area (Å²) in [6, 6.07) is 0. The smallest absolute Gasteiger partial charge is 0.249 e. The summed E-state index contributed by atoms with van der Waals surface area (Å²) >= 11 is 0. The lowest BCUT2D eigenvalue weighted by molar-refractivity contribution is -0.129. The van der Waals surface area contributed by atoms with Gasteiger partial charge < -0.3 is 10.1 Å². The summed E-state index contributed by atoms with van der Waals surface area (Å²) in [7, 11) is -3.17. The average molecular weight is 263 g/mol. The zero-order valence-corrected chi connectivity index (χ0v) is 11.5. The van der Waals surface area contributed by atoms with E-state index >= 15 is 0 Å². The van der Waals surface area contributed by atoms with Crippen LogP contribution >= 0.6 is 0 Å².